The zero-order chi connectivity index (χ0) is 14.8. The van der Waals surface area contributed by atoms with E-state index in [0.717, 1.165) is 18.4 Å². The Morgan fingerprint density at radius 3 is 2.00 bits per heavy atom. The zero-order valence-electron chi connectivity index (χ0n) is 13.3. The summed E-state index contributed by atoms with van der Waals surface area (Å²) in [5, 5.41) is 0. The predicted molar refractivity (Wildman–Crippen MR) is 88.3 cm³/mol. The van der Waals surface area contributed by atoms with Crippen LogP contribution in [0.2, 0.25) is 0 Å². The second kappa shape index (κ2) is 12.2. The molecule has 0 saturated heterocycles. The van der Waals surface area contributed by atoms with Crippen molar-refractivity contribution >= 4 is 61.5 Å². The quantitative estimate of drug-likeness (QED) is 0.395. The van der Waals surface area contributed by atoms with Crippen LogP contribution >= 0.6 is 0 Å². The molecule has 0 aromatic heterocycles. The molecule has 0 fully saturated rings. The third-order valence-corrected chi connectivity index (χ3v) is 4.50. The maximum Gasteiger partial charge on any atom is 0.294 e. The van der Waals surface area contributed by atoms with E-state index in [9.17, 15) is 8.42 Å². The fourth-order valence-corrected chi connectivity index (χ4v) is 3.16. The van der Waals surface area contributed by atoms with Gasteiger partial charge in [0.15, 0.2) is 0 Å². The number of hydrogen-bond acceptors (Lipinski definition) is 2. The van der Waals surface area contributed by atoms with Crippen molar-refractivity contribution in [3.63, 3.8) is 0 Å². The summed E-state index contributed by atoms with van der Waals surface area (Å²) in [5.74, 6) is 0. The fourth-order valence-electron chi connectivity index (χ4n) is 2.41. The summed E-state index contributed by atoms with van der Waals surface area (Å²) in [6.07, 6.45) is 10.5. The minimum absolute atomic E-state index is 0. The number of benzene rings is 1. The largest absolute Gasteiger partial charge is 0.294 e. The van der Waals surface area contributed by atoms with Crippen molar-refractivity contribution in [3.8, 4) is 0 Å². The molecule has 0 amide bonds. The van der Waals surface area contributed by atoms with Gasteiger partial charge in [0, 0.05) is 51.4 Å². The number of aryl methyl sites for hydroxylation is 1. The average Bonchev–Trinajstić information content (AvgIpc) is 2.41. The van der Waals surface area contributed by atoms with Crippen molar-refractivity contribution in [1.82, 2.24) is 0 Å². The van der Waals surface area contributed by atoms with Gasteiger partial charge in [0.1, 0.15) is 0 Å². The Balaban J connectivity index is 0.00000400. The Morgan fingerprint density at radius 2 is 1.43 bits per heavy atom. The normalized spacial score (nSPS) is 11.1. The summed E-state index contributed by atoms with van der Waals surface area (Å²) >= 11 is 0. The van der Waals surface area contributed by atoms with Crippen LogP contribution in [0.3, 0.4) is 0 Å². The molecule has 0 bridgehead atoms. The van der Waals surface area contributed by atoms with Crippen LogP contribution < -0.4 is 0 Å². The van der Waals surface area contributed by atoms with Crippen molar-refractivity contribution in [3.05, 3.63) is 29.8 Å². The Labute approximate surface area is 172 Å². The molecule has 5 heteroatoms. The van der Waals surface area contributed by atoms with E-state index < -0.39 is 10.1 Å². The van der Waals surface area contributed by atoms with Gasteiger partial charge in [-0.15, -0.1) is 0 Å². The maximum atomic E-state index is 11.2. The molecule has 1 rings (SSSR count). The summed E-state index contributed by atoms with van der Waals surface area (Å²) < 4.78 is 31.7. The van der Waals surface area contributed by atoms with Crippen molar-refractivity contribution < 1.29 is 13.0 Å². The molecule has 1 aromatic rings. The summed E-state index contributed by atoms with van der Waals surface area (Å²) in [4.78, 5) is 0.0583. The van der Waals surface area contributed by atoms with Gasteiger partial charge in [0.25, 0.3) is 10.1 Å². The standard InChI is InChI=1S/C16H26O3S.K/c1-2-3-4-5-6-7-8-9-12-15-13-10-11-14-16(15)20(17,18)19;/h10-11,13-14H,2-9,12H2,1H3,(H,17,18,19);. The first-order valence-corrected chi connectivity index (χ1v) is 9.05. The molecule has 1 aromatic carbocycles. The number of hydrogen-bond donors (Lipinski definition) is 1. The van der Waals surface area contributed by atoms with Crippen LogP contribution in [0.5, 0.6) is 0 Å². The van der Waals surface area contributed by atoms with Gasteiger partial charge >= 0.3 is 0 Å². The van der Waals surface area contributed by atoms with Crippen LogP contribution in [-0.2, 0) is 16.5 Å². The monoisotopic (exact) mass is 337 g/mol. The second-order valence-corrected chi connectivity index (χ2v) is 6.70. The molecule has 0 aliphatic heterocycles. The van der Waals surface area contributed by atoms with E-state index in [1.54, 1.807) is 12.1 Å². The third kappa shape index (κ3) is 9.49. The molecule has 0 spiro atoms. The molecule has 0 aliphatic carbocycles. The number of unbranched alkanes of at least 4 members (excludes halogenated alkanes) is 7. The molecule has 0 saturated carbocycles. The van der Waals surface area contributed by atoms with Crippen molar-refractivity contribution in [2.75, 3.05) is 0 Å². The first-order chi connectivity index (χ1) is 9.55. The molecule has 0 atom stereocenters. The molecular formula is C16H26KO3S. The van der Waals surface area contributed by atoms with Crippen molar-refractivity contribution in [1.29, 1.82) is 0 Å². The molecule has 3 nitrogen and oxygen atoms in total. The predicted octanol–water partition coefficient (Wildman–Crippen LogP) is 4.24. The summed E-state index contributed by atoms with van der Waals surface area (Å²) in [7, 11) is -4.09. The van der Waals surface area contributed by atoms with E-state index in [1.165, 1.54) is 44.6 Å². The fraction of sp³-hybridized carbons (Fsp3) is 0.625. The van der Waals surface area contributed by atoms with Crippen LogP contribution in [0.25, 0.3) is 0 Å². The Morgan fingerprint density at radius 1 is 0.905 bits per heavy atom. The number of rotatable bonds is 10. The molecule has 21 heavy (non-hydrogen) atoms. The van der Waals surface area contributed by atoms with Gasteiger partial charge in [-0.25, -0.2) is 0 Å². The van der Waals surface area contributed by atoms with E-state index in [0.29, 0.717) is 6.42 Å². The molecule has 115 valence electrons. The Kier molecular flexibility index (Phi) is 12.7. The van der Waals surface area contributed by atoms with Crippen LogP contribution in [0, 0.1) is 0 Å². The second-order valence-electron chi connectivity index (χ2n) is 5.31. The summed E-state index contributed by atoms with van der Waals surface area (Å²) in [6, 6.07) is 6.70. The van der Waals surface area contributed by atoms with Gasteiger partial charge in [0.05, 0.1) is 4.90 Å². The summed E-state index contributed by atoms with van der Waals surface area (Å²) in [6.45, 7) is 2.21. The third-order valence-electron chi connectivity index (χ3n) is 3.55. The van der Waals surface area contributed by atoms with Crippen molar-refractivity contribution in [2.24, 2.45) is 0 Å². The van der Waals surface area contributed by atoms with Gasteiger partial charge < -0.3 is 0 Å². The van der Waals surface area contributed by atoms with Gasteiger partial charge in [-0.05, 0) is 24.5 Å². The van der Waals surface area contributed by atoms with Gasteiger partial charge in [-0.1, -0.05) is 70.1 Å². The maximum absolute atomic E-state index is 11.2. The minimum Gasteiger partial charge on any atom is -0.282 e. The van der Waals surface area contributed by atoms with Crippen LogP contribution in [0.4, 0.5) is 0 Å². The zero-order valence-corrected chi connectivity index (χ0v) is 17.3. The Bertz CT molecular complexity index is 486. The molecule has 1 radical (unpaired) electrons. The van der Waals surface area contributed by atoms with E-state index in [-0.39, 0.29) is 56.3 Å². The van der Waals surface area contributed by atoms with E-state index in [1.807, 2.05) is 6.07 Å². The summed E-state index contributed by atoms with van der Waals surface area (Å²) in [5.41, 5.74) is 0.723. The van der Waals surface area contributed by atoms with E-state index >= 15 is 0 Å². The van der Waals surface area contributed by atoms with Crippen molar-refractivity contribution in [2.45, 2.75) is 69.6 Å². The molecule has 0 heterocycles. The Hall–Kier alpha value is 0.766. The molecule has 0 aliphatic rings. The smallest absolute Gasteiger partial charge is 0.282 e. The van der Waals surface area contributed by atoms with E-state index in [4.69, 9.17) is 4.55 Å². The van der Waals surface area contributed by atoms with Gasteiger partial charge in [0.2, 0.25) is 0 Å². The topological polar surface area (TPSA) is 54.4 Å². The SMILES string of the molecule is CCCCCCCCCCc1ccccc1S(=O)(=O)O.[K]. The van der Waals surface area contributed by atoms with Gasteiger partial charge in [-0.3, -0.25) is 4.55 Å². The molecule has 1 N–H and O–H groups in total. The average molecular weight is 338 g/mol. The van der Waals surface area contributed by atoms with Gasteiger partial charge in [-0.2, -0.15) is 8.42 Å². The molecule has 0 unspecified atom stereocenters. The first-order valence-electron chi connectivity index (χ1n) is 7.61. The van der Waals surface area contributed by atoms with Crippen LogP contribution in [0.1, 0.15) is 63.9 Å². The first kappa shape index (κ1) is 21.8. The molecular weight excluding hydrogens is 311 g/mol. The van der Waals surface area contributed by atoms with Crippen LogP contribution in [0.15, 0.2) is 29.2 Å². The van der Waals surface area contributed by atoms with E-state index in [2.05, 4.69) is 6.92 Å². The minimum atomic E-state index is -4.09. The van der Waals surface area contributed by atoms with Crippen LogP contribution in [-0.4, -0.2) is 64.4 Å².